The molecule has 146 valence electrons. The molecule has 1 aromatic heterocycles. The first-order valence-electron chi connectivity index (χ1n) is 8.96. The Morgan fingerprint density at radius 2 is 1.96 bits per heavy atom. The molecule has 1 amide bonds. The van der Waals surface area contributed by atoms with Crippen LogP contribution >= 0.6 is 11.6 Å². The van der Waals surface area contributed by atoms with E-state index in [1.54, 1.807) is 29.2 Å². The van der Waals surface area contributed by atoms with Crippen LogP contribution in [-0.2, 0) is 4.79 Å². The second-order valence-electron chi connectivity index (χ2n) is 5.88. The molecule has 28 heavy (non-hydrogen) atoms. The monoisotopic (exact) mass is 400 g/mol. The summed E-state index contributed by atoms with van der Waals surface area (Å²) in [6, 6.07) is 12.7. The summed E-state index contributed by atoms with van der Waals surface area (Å²) < 4.78 is 12.8. The van der Waals surface area contributed by atoms with Gasteiger partial charge >= 0.3 is 0 Å². The molecule has 7 nitrogen and oxygen atoms in total. The summed E-state index contributed by atoms with van der Waals surface area (Å²) in [6.07, 6.45) is 3.85. The maximum atomic E-state index is 12.3. The molecule has 1 heterocycles. The molecule has 1 N–H and O–H groups in total. The van der Waals surface area contributed by atoms with Gasteiger partial charge in [0, 0.05) is 11.4 Å². The van der Waals surface area contributed by atoms with Crippen LogP contribution in [0.2, 0.25) is 5.02 Å². The molecule has 0 atom stereocenters. The number of halogens is 1. The Morgan fingerprint density at radius 3 is 2.68 bits per heavy atom. The number of hydrogen-bond acceptors (Lipinski definition) is 5. The molecule has 0 unspecified atom stereocenters. The number of nitrogens with one attached hydrogen (secondary N) is 1. The molecule has 3 rings (SSSR count). The van der Waals surface area contributed by atoms with E-state index in [9.17, 15) is 4.79 Å². The molecule has 0 fully saturated rings. The van der Waals surface area contributed by atoms with Crippen molar-refractivity contribution >= 4 is 23.2 Å². The van der Waals surface area contributed by atoms with Crippen LogP contribution in [0.15, 0.2) is 55.1 Å². The third-order valence-corrected chi connectivity index (χ3v) is 4.09. The lowest BCUT2D eigenvalue weighted by Gasteiger charge is -2.13. The van der Waals surface area contributed by atoms with Gasteiger partial charge in [-0.2, -0.15) is 5.10 Å². The highest BCUT2D eigenvalue weighted by Gasteiger charge is 2.10. The van der Waals surface area contributed by atoms with Crippen molar-refractivity contribution in [1.82, 2.24) is 14.8 Å². The fraction of sp³-hybridized carbons (Fsp3) is 0.250. The molecule has 0 aliphatic rings. The number of rotatable bonds is 9. The Kier molecular flexibility index (Phi) is 6.86. The quantitative estimate of drug-likeness (QED) is 0.547. The maximum Gasteiger partial charge on any atom is 0.224 e. The summed E-state index contributed by atoms with van der Waals surface area (Å²) in [5.41, 5.74) is 1.27. The van der Waals surface area contributed by atoms with Crippen molar-refractivity contribution in [1.29, 1.82) is 0 Å². The summed E-state index contributed by atoms with van der Waals surface area (Å²) in [5, 5.41) is 7.50. The molecule has 0 saturated heterocycles. The highest BCUT2D eigenvalue weighted by atomic mass is 35.5. The smallest absolute Gasteiger partial charge is 0.224 e. The van der Waals surface area contributed by atoms with Gasteiger partial charge in [0.05, 0.1) is 24.6 Å². The molecular weight excluding hydrogens is 380 g/mol. The number of carbonyl (C=O) groups excluding carboxylic acids is 1. The van der Waals surface area contributed by atoms with E-state index in [0.717, 1.165) is 0 Å². The number of hydrogen-bond donors (Lipinski definition) is 1. The van der Waals surface area contributed by atoms with E-state index in [1.165, 1.54) is 6.33 Å². The van der Waals surface area contributed by atoms with Gasteiger partial charge in [0.1, 0.15) is 12.7 Å². The third-order valence-electron chi connectivity index (χ3n) is 3.85. The van der Waals surface area contributed by atoms with Crippen LogP contribution in [0.4, 0.5) is 5.69 Å². The molecular formula is C20H21ClN4O3. The molecule has 0 aliphatic heterocycles. The number of para-hydroxylation sites is 2. The minimum absolute atomic E-state index is 0.134. The lowest BCUT2D eigenvalue weighted by molar-refractivity contribution is -0.116. The number of carbonyl (C=O) groups is 1. The molecule has 8 heteroatoms. The first kappa shape index (κ1) is 19.7. The third kappa shape index (κ3) is 5.23. The van der Waals surface area contributed by atoms with Crippen LogP contribution in [0.1, 0.15) is 19.8 Å². The molecule has 0 saturated carbocycles. The predicted octanol–water partition coefficient (Wildman–Crippen LogP) is 4.12. The normalized spacial score (nSPS) is 10.5. The van der Waals surface area contributed by atoms with Gasteiger partial charge in [0.15, 0.2) is 11.5 Å². The van der Waals surface area contributed by atoms with E-state index in [2.05, 4.69) is 15.4 Å². The van der Waals surface area contributed by atoms with Gasteiger partial charge < -0.3 is 14.8 Å². The van der Waals surface area contributed by atoms with E-state index in [1.807, 2.05) is 31.2 Å². The van der Waals surface area contributed by atoms with E-state index < -0.39 is 0 Å². The number of amides is 1. The first-order valence-corrected chi connectivity index (χ1v) is 9.34. The van der Waals surface area contributed by atoms with Gasteiger partial charge in [0.2, 0.25) is 5.91 Å². The standard InChI is InChI=1S/C20H21ClN4O3/c1-2-27-18-6-3-4-7-19(18)28-11-5-8-20(26)24-16-12-15(21)9-10-17(16)25-14-22-13-23-25/h3-4,6-7,9-10,12-14H,2,5,8,11H2,1H3,(H,24,26). The van der Waals surface area contributed by atoms with Crippen LogP contribution in [0.3, 0.4) is 0 Å². The van der Waals surface area contributed by atoms with Crippen molar-refractivity contribution in [3.8, 4) is 17.2 Å². The second-order valence-corrected chi connectivity index (χ2v) is 6.32. The van der Waals surface area contributed by atoms with Crippen molar-refractivity contribution < 1.29 is 14.3 Å². The topological polar surface area (TPSA) is 78.3 Å². The Labute approximate surface area is 168 Å². The summed E-state index contributed by atoms with van der Waals surface area (Å²) in [7, 11) is 0. The number of anilines is 1. The highest BCUT2D eigenvalue weighted by molar-refractivity contribution is 6.31. The molecule has 2 aromatic carbocycles. The van der Waals surface area contributed by atoms with Crippen molar-refractivity contribution in [2.75, 3.05) is 18.5 Å². The predicted molar refractivity (Wildman–Crippen MR) is 107 cm³/mol. The van der Waals surface area contributed by atoms with Crippen molar-refractivity contribution in [2.45, 2.75) is 19.8 Å². The van der Waals surface area contributed by atoms with Crippen molar-refractivity contribution in [3.05, 3.63) is 60.1 Å². The number of ether oxygens (including phenoxy) is 2. The van der Waals surface area contributed by atoms with Gasteiger partial charge in [-0.3, -0.25) is 4.79 Å². The average Bonchev–Trinajstić information content (AvgIpc) is 3.21. The Balaban J connectivity index is 1.54. The van der Waals surface area contributed by atoms with Crippen molar-refractivity contribution in [2.24, 2.45) is 0 Å². The summed E-state index contributed by atoms with van der Waals surface area (Å²) in [4.78, 5) is 16.3. The number of aromatic nitrogens is 3. The zero-order chi connectivity index (χ0) is 19.8. The number of nitrogens with zero attached hydrogens (tertiary/aromatic N) is 3. The molecule has 3 aromatic rings. The maximum absolute atomic E-state index is 12.3. The lowest BCUT2D eigenvalue weighted by atomic mass is 10.2. The fourth-order valence-corrected chi connectivity index (χ4v) is 2.78. The lowest BCUT2D eigenvalue weighted by Crippen LogP contribution is -2.15. The van der Waals surface area contributed by atoms with Crippen LogP contribution in [0.5, 0.6) is 11.5 Å². The zero-order valence-electron chi connectivity index (χ0n) is 15.5. The van der Waals surface area contributed by atoms with E-state index in [0.29, 0.717) is 54.0 Å². The fourth-order valence-electron chi connectivity index (χ4n) is 2.61. The van der Waals surface area contributed by atoms with Gasteiger partial charge in [0.25, 0.3) is 0 Å². The van der Waals surface area contributed by atoms with Crippen molar-refractivity contribution in [3.63, 3.8) is 0 Å². The number of benzene rings is 2. The van der Waals surface area contributed by atoms with E-state index >= 15 is 0 Å². The molecule has 0 spiro atoms. The minimum atomic E-state index is -0.134. The summed E-state index contributed by atoms with van der Waals surface area (Å²) in [5.74, 6) is 1.24. The summed E-state index contributed by atoms with van der Waals surface area (Å²) in [6.45, 7) is 2.89. The SMILES string of the molecule is CCOc1ccccc1OCCCC(=O)Nc1cc(Cl)ccc1-n1cncn1. The zero-order valence-corrected chi connectivity index (χ0v) is 16.2. The van der Waals surface area contributed by atoms with Gasteiger partial charge in [-0.25, -0.2) is 9.67 Å². The second kappa shape index (κ2) is 9.75. The first-order chi connectivity index (χ1) is 13.7. The molecule has 0 radical (unpaired) electrons. The molecule has 0 bridgehead atoms. The van der Waals surface area contributed by atoms with Crippen LogP contribution in [0.25, 0.3) is 5.69 Å². The Hall–Kier alpha value is -3.06. The van der Waals surface area contributed by atoms with Crippen LogP contribution in [0, 0.1) is 0 Å². The van der Waals surface area contributed by atoms with Gasteiger partial charge in [-0.05, 0) is 43.7 Å². The van der Waals surface area contributed by atoms with E-state index in [4.69, 9.17) is 21.1 Å². The van der Waals surface area contributed by atoms with E-state index in [-0.39, 0.29) is 5.91 Å². The highest BCUT2D eigenvalue weighted by Crippen LogP contribution is 2.27. The van der Waals surface area contributed by atoms with Crippen LogP contribution < -0.4 is 14.8 Å². The summed E-state index contributed by atoms with van der Waals surface area (Å²) >= 11 is 6.07. The van der Waals surface area contributed by atoms with Gasteiger partial charge in [-0.15, -0.1) is 0 Å². The average molecular weight is 401 g/mol. The van der Waals surface area contributed by atoms with Gasteiger partial charge in [-0.1, -0.05) is 23.7 Å². The Morgan fingerprint density at radius 1 is 1.18 bits per heavy atom. The Bertz CT molecular complexity index is 916. The molecule has 0 aliphatic carbocycles. The minimum Gasteiger partial charge on any atom is -0.490 e. The largest absolute Gasteiger partial charge is 0.490 e. The van der Waals surface area contributed by atoms with Crippen LogP contribution in [-0.4, -0.2) is 33.9 Å².